The predicted molar refractivity (Wildman–Crippen MR) is 123 cm³/mol. The first-order valence-electron chi connectivity index (χ1n) is 9.72. The average molecular weight is 495 g/mol. The van der Waals surface area contributed by atoms with Gasteiger partial charge >= 0.3 is 0 Å². The van der Waals surface area contributed by atoms with Gasteiger partial charge in [0.25, 0.3) is 0 Å². The minimum absolute atomic E-state index is 0.155. The largest absolute Gasteiger partial charge is 0.495 e. The van der Waals surface area contributed by atoms with Crippen molar-refractivity contribution >= 4 is 39.2 Å². The lowest BCUT2D eigenvalue weighted by Crippen LogP contribution is -2.49. The molecule has 2 heterocycles. The lowest BCUT2D eigenvalue weighted by Gasteiger charge is -2.34. The summed E-state index contributed by atoms with van der Waals surface area (Å²) in [6.45, 7) is 1.44. The van der Waals surface area contributed by atoms with Crippen LogP contribution in [-0.2, 0) is 10.0 Å². The highest BCUT2D eigenvalue weighted by Gasteiger charge is 2.31. The van der Waals surface area contributed by atoms with E-state index in [-0.39, 0.29) is 4.90 Å². The molecular formula is C21H20Cl2N4O4S. The molecule has 32 heavy (non-hydrogen) atoms. The molecule has 0 bridgehead atoms. The lowest BCUT2D eigenvalue weighted by molar-refractivity contribution is 0.372. The minimum Gasteiger partial charge on any atom is -0.495 e. The molecule has 11 heteroatoms. The number of piperazine rings is 1. The van der Waals surface area contributed by atoms with E-state index in [0.29, 0.717) is 59.6 Å². The molecule has 3 aromatic rings. The number of para-hydroxylation sites is 1. The molecule has 0 N–H and O–H groups in total. The fourth-order valence-corrected chi connectivity index (χ4v) is 5.43. The topological polar surface area (TPSA) is 84.9 Å². The smallest absolute Gasteiger partial charge is 0.246 e. The van der Waals surface area contributed by atoms with Crippen LogP contribution >= 0.6 is 23.2 Å². The molecule has 1 aliphatic heterocycles. The van der Waals surface area contributed by atoms with Gasteiger partial charge in [0.05, 0.1) is 7.11 Å². The van der Waals surface area contributed by atoms with Gasteiger partial charge in [0.2, 0.25) is 21.9 Å². The summed E-state index contributed by atoms with van der Waals surface area (Å²) in [6, 6.07) is 13.1. The van der Waals surface area contributed by atoms with Crippen LogP contribution < -0.4 is 14.4 Å². The van der Waals surface area contributed by atoms with Gasteiger partial charge in [-0.1, -0.05) is 35.3 Å². The summed E-state index contributed by atoms with van der Waals surface area (Å²) < 4.78 is 38.6. The summed E-state index contributed by atoms with van der Waals surface area (Å²) in [5, 5.41) is 0.906. The quantitative estimate of drug-likeness (QED) is 0.509. The zero-order valence-corrected chi connectivity index (χ0v) is 19.4. The second-order valence-corrected chi connectivity index (χ2v) is 9.72. The van der Waals surface area contributed by atoms with Crippen molar-refractivity contribution in [1.82, 2.24) is 14.3 Å². The van der Waals surface area contributed by atoms with Gasteiger partial charge in [-0.2, -0.15) is 9.29 Å². The highest BCUT2D eigenvalue weighted by atomic mass is 35.5. The van der Waals surface area contributed by atoms with Crippen LogP contribution in [0.5, 0.6) is 17.4 Å². The summed E-state index contributed by atoms with van der Waals surface area (Å²) in [5.74, 6) is 1.56. The number of hydrogen-bond acceptors (Lipinski definition) is 7. The Labute approximate surface area is 196 Å². The number of nitrogens with zero attached hydrogens (tertiary/aromatic N) is 4. The molecule has 4 rings (SSSR count). The van der Waals surface area contributed by atoms with Crippen LogP contribution in [0, 0.1) is 0 Å². The van der Waals surface area contributed by atoms with E-state index in [1.807, 2.05) is 4.90 Å². The Bertz CT molecular complexity index is 1200. The van der Waals surface area contributed by atoms with Crippen LogP contribution in [0.1, 0.15) is 0 Å². The van der Waals surface area contributed by atoms with E-state index in [1.165, 1.54) is 11.4 Å². The van der Waals surface area contributed by atoms with Gasteiger partial charge in [-0.05, 0) is 30.3 Å². The van der Waals surface area contributed by atoms with Crippen LogP contribution in [0.25, 0.3) is 0 Å². The summed E-state index contributed by atoms with van der Waals surface area (Å²) in [7, 11) is -2.22. The first-order chi connectivity index (χ1) is 15.4. The van der Waals surface area contributed by atoms with Crippen molar-refractivity contribution in [2.24, 2.45) is 0 Å². The summed E-state index contributed by atoms with van der Waals surface area (Å²) in [5.41, 5.74) is 0. The van der Waals surface area contributed by atoms with E-state index in [2.05, 4.69) is 9.97 Å². The Hall–Kier alpha value is -2.59. The van der Waals surface area contributed by atoms with Crippen molar-refractivity contribution in [3.05, 3.63) is 64.8 Å². The molecule has 1 aromatic heterocycles. The second-order valence-electron chi connectivity index (χ2n) is 6.94. The Morgan fingerprint density at radius 1 is 0.969 bits per heavy atom. The Morgan fingerprint density at radius 2 is 1.66 bits per heavy atom. The molecule has 1 fully saturated rings. The van der Waals surface area contributed by atoms with E-state index in [0.717, 1.165) is 0 Å². The lowest BCUT2D eigenvalue weighted by atomic mass is 10.3. The molecule has 0 amide bonds. The molecule has 0 spiro atoms. The molecule has 1 aliphatic rings. The number of sulfonamides is 1. The molecule has 0 aliphatic carbocycles. The highest BCUT2D eigenvalue weighted by Crippen LogP contribution is 2.29. The number of aromatic nitrogens is 2. The molecule has 0 atom stereocenters. The number of halogens is 2. The van der Waals surface area contributed by atoms with Crippen LogP contribution in [0.15, 0.2) is 59.6 Å². The second kappa shape index (κ2) is 9.50. The molecule has 0 saturated carbocycles. The first-order valence-corrected chi connectivity index (χ1v) is 11.9. The molecule has 8 nitrogen and oxygen atoms in total. The average Bonchev–Trinajstić information content (AvgIpc) is 2.78. The Kier molecular flexibility index (Phi) is 6.71. The van der Waals surface area contributed by atoms with Crippen molar-refractivity contribution in [3.8, 4) is 17.4 Å². The predicted octanol–water partition coefficient (Wildman–Crippen LogP) is 4.10. The van der Waals surface area contributed by atoms with Crippen LogP contribution in [0.3, 0.4) is 0 Å². The molecule has 1 saturated heterocycles. The first kappa shape index (κ1) is 22.6. The van der Waals surface area contributed by atoms with E-state index in [1.54, 1.807) is 54.7 Å². The van der Waals surface area contributed by atoms with Crippen LogP contribution in [-0.4, -0.2) is 56.0 Å². The molecule has 0 unspecified atom stereocenters. The van der Waals surface area contributed by atoms with E-state index in [4.69, 9.17) is 32.7 Å². The van der Waals surface area contributed by atoms with Crippen LogP contribution in [0.4, 0.5) is 5.95 Å². The summed E-state index contributed by atoms with van der Waals surface area (Å²) in [6.07, 6.45) is 1.59. The number of benzene rings is 2. The number of anilines is 1. The van der Waals surface area contributed by atoms with E-state index in [9.17, 15) is 8.42 Å². The van der Waals surface area contributed by atoms with Crippen molar-refractivity contribution in [1.29, 1.82) is 0 Å². The molecule has 168 valence electrons. The SMILES string of the molecule is COc1ccccc1S(=O)(=O)N1CCN(c2nccc(Oc3cc(Cl)cc(Cl)c3)n2)CC1. The molecule has 2 aromatic carbocycles. The fourth-order valence-electron chi connectivity index (χ4n) is 3.35. The Morgan fingerprint density at radius 3 is 2.34 bits per heavy atom. The maximum Gasteiger partial charge on any atom is 0.246 e. The van der Waals surface area contributed by atoms with Crippen molar-refractivity contribution in [3.63, 3.8) is 0 Å². The molecule has 0 radical (unpaired) electrons. The van der Waals surface area contributed by atoms with Crippen molar-refractivity contribution in [2.45, 2.75) is 4.90 Å². The number of rotatable bonds is 6. The monoisotopic (exact) mass is 494 g/mol. The maximum absolute atomic E-state index is 13.1. The van der Waals surface area contributed by atoms with Crippen LogP contribution in [0.2, 0.25) is 10.0 Å². The van der Waals surface area contributed by atoms with Gasteiger partial charge in [0, 0.05) is 48.5 Å². The highest BCUT2D eigenvalue weighted by molar-refractivity contribution is 7.89. The van der Waals surface area contributed by atoms with Gasteiger partial charge in [0.1, 0.15) is 16.4 Å². The summed E-state index contributed by atoms with van der Waals surface area (Å²) >= 11 is 12.0. The van der Waals surface area contributed by atoms with E-state index >= 15 is 0 Å². The zero-order valence-electron chi connectivity index (χ0n) is 17.1. The normalized spacial score (nSPS) is 14.9. The third-order valence-corrected chi connectivity index (χ3v) is 7.26. The third kappa shape index (κ3) is 4.91. The van der Waals surface area contributed by atoms with Gasteiger partial charge < -0.3 is 14.4 Å². The van der Waals surface area contributed by atoms with Gasteiger partial charge in [-0.15, -0.1) is 0 Å². The van der Waals surface area contributed by atoms with Gasteiger partial charge in [-0.25, -0.2) is 13.4 Å². The van der Waals surface area contributed by atoms with Crippen molar-refractivity contribution in [2.75, 3.05) is 38.2 Å². The van der Waals surface area contributed by atoms with E-state index < -0.39 is 10.0 Å². The zero-order chi connectivity index (χ0) is 22.7. The fraction of sp³-hybridized carbons (Fsp3) is 0.238. The minimum atomic E-state index is -3.68. The molecular weight excluding hydrogens is 475 g/mol. The summed E-state index contributed by atoms with van der Waals surface area (Å²) in [4.78, 5) is 10.8. The van der Waals surface area contributed by atoms with Gasteiger partial charge in [-0.3, -0.25) is 0 Å². The number of hydrogen-bond donors (Lipinski definition) is 0. The maximum atomic E-state index is 13.1. The third-order valence-electron chi connectivity index (χ3n) is 4.88. The number of methoxy groups -OCH3 is 1. The number of ether oxygens (including phenoxy) is 2. The Balaban J connectivity index is 1.46. The standard InChI is InChI=1S/C21H20Cl2N4O4S/c1-30-18-4-2-3-5-19(18)32(28,29)27-10-8-26(9-11-27)21-24-7-6-20(25-21)31-17-13-15(22)12-16(23)14-17/h2-7,12-14H,8-11H2,1H3. The van der Waals surface area contributed by atoms with Crippen molar-refractivity contribution < 1.29 is 17.9 Å². The van der Waals surface area contributed by atoms with Gasteiger partial charge in [0.15, 0.2) is 0 Å².